The van der Waals surface area contributed by atoms with Crippen LogP contribution in [-0.4, -0.2) is 50.3 Å². The lowest BCUT2D eigenvalue weighted by Crippen LogP contribution is -2.46. The molecule has 0 amide bonds. The summed E-state index contributed by atoms with van der Waals surface area (Å²) in [6.07, 6.45) is 0. The first-order valence-electron chi connectivity index (χ1n) is 7.36. The molecule has 0 bridgehead atoms. The van der Waals surface area contributed by atoms with E-state index in [4.69, 9.17) is 4.74 Å². The molecule has 136 valence electrons. The van der Waals surface area contributed by atoms with Crippen LogP contribution in [0.2, 0.25) is 0 Å². The van der Waals surface area contributed by atoms with Crippen LogP contribution in [0, 0.1) is 10.1 Å². The lowest BCUT2D eigenvalue weighted by atomic mass is 10.1. The fraction of sp³-hybridized carbons (Fsp3) is 0.533. The van der Waals surface area contributed by atoms with Gasteiger partial charge in [-0.1, -0.05) is 12.1 Å². The summed E-state index contributed by atoms with van der Waals surface area (Å²) in [5.41, 5.74) is 0.278. The number of hydrogen-bond acceptors (Lipinski definition) is 5. The first-order valence-corrected chi connectivity index (χ1v) is 7.36. The number of aliphatic imine (C=N–C) groups is 1. The molecule has 24 heavy (non-hydrogen) atoms. The number of para-hydroxylation sites is 2. The van der Waals surface area contributed by atoms with Crippen molar-refractivity contribution in [2.24, 2.45) is 4.99 Å². The Labute approximate surface area is 159 Å². The van der Waals surface area contributed by atoms with Gasteiger partial charge < -0.3 is 20.7 Å². The minimum atomic E-state index is -0.400. The monoisotopic (exact) mass is 451 g/mol. The summed E-state index contributed by atoms with van der Waals surface area (Å²) in [4.78, 5) is 14.6. The van der Waals surface area contributed by atoms with Crippen LogP contribution in [0.25, 0.3) is 0 Å². The largest absolute Gasteiger partial charge is 0.378 e. The van der Waals surface area contributed by atoms with Gasteiger partial charge in [-0.05, 0) is 19.9 Å². The number of methoxy groups -OCH3 is 1. The molecule has 3 N–H and O–H groups in total. The van der Waals surface area contributed by atoms with Gasteiger partial charge in [0.15, 0.2) is 5.96 Å². The van der Waals surface area contributed by atoms with Crippen LogP contribution in [0.5, 0.6) is 0 Å². The van der Waals surface area contributed by atoms with E-state index >= 15 is 0 Å². The third kappa shape index (κ3) is 7.77. The molecule has 0 saturated heterocycles. The Morgan fingerprint density at radius 1 is 1.29 bits per heavy atom. The molecule has 9 heteroatoms. The van der Waals surface area contributed by atoms with Gasteiger partial charge in [-0.15, -0.1) is 24.0 Å². The molecular weight excluding hydrogens is 425 g/mol. The van der Waals surface area contributed by atoms with Crippen molar-refractivity contribution in [2.75, 3.05) is 39.1 Å². The highest BCUT2D eigenvalue weighted by Gasteiger charge is 2.16. The Bertz CT molecular complexity index is 552. The highest BCUT2D eigenvalue weighted by Crippen LogP contribution is 2.22. The molecule has 0 aliphatic heterocycles. The molecule has 0 fully saturated rings. The molecule has 1 rings (SSSR count). The molecule has 1 aromatic rings. The molecule has 0 unspecified atom stereocenters. The molecule has 0 heterocycles. The Morgan fingerprint density at radius 2 is 1.96 bits per heavy atom. The van der Waals surface area contributed by atoms with Gasteiger partial charge >= 0.3 is 0 Å². The van der Waals surface area contributed by atoms with E-state index < -0.39 is 4.92 Å². The molecule has 0 aliphatic rings. The van der Waals surface area contributed by atoms with E-state index in [1.807, 2.05) is 13.8 Å². The number of rotatable bonds is 8. The maximum absolute atomic E-state index is 10.9. The fourth-order valence-corrected chi connectivity index (χ4v) is 1.75. The zero-order valence-electron chi connectivity index (χ0n) is 14.5. The minimum absolute atomic E-state index is 0. The Morgan fingerprint density at radius 3 is 2.54 bits per heavy atom. The SMILES string of the molecule is CN=C(NCCNc1ccccc1[N+](=O)[O-])NCC(C)(C)OC.I. The molecule has 0 atom stereocenters. The fourth-order valence-electron chi connectivity index (χ4n) is 1.75. The lowest BCUT2D eigenvalue weighted by Gasteiger charge is -2.24. The first-order chi connectivity index (χ1) is 10.9. The van der Waals surface area contributed by atoms with Gasteiger partial charge in [-0.3, -0.25) is 15.1 Å². The number of guanidine groups is 1. The Balaban J connectivity index is 0.00000529. The number of nitro groups is 1. The average Bonchev–Trinajstić information content (AvgIpc) is 2.54. The number of halogens is 1. The number of hydrogen-bond donors (Lipinski definition) is 3. The second-order valence-electron chi connectivity index (χ2n) is 5.52. The quantitative estimate of drug-likeness (QED) is 0.140. The van der Waals surface area contributed by atoms with E-state index in [2.05, 4.69) is 20.9 Å². The van der Waals surface area contributed by atoms with Crippen LogP contribution in [-0.2, 0) is 4.74 Å². The summed E-state index contributed by atoms with van der Waals surface area (Å²) in [5, 5.41) is 20.3. The lowest BCUT2D eigenvalue weighted by molar-refractivity contribution is -0.384. The maximum Gasteiger partial charge on any atom is 0.292 e. The first kappa shape index (κ1) is 22.4. The summed E-state index contributed by atoms with van der Waals surface area (Å²) >= 11 is 0. The highest BCUT2D eigenvalue weighted by atomic mass is 127. The molecule has 0 aliphatic carbocycles. The van der Waals surface area contributed by atoms with Crippen molar-refractivity contribution in [1.29, 1.82) is 0 Å². The number of nitro benzene ring substituents is 1. The van der Waals surface area contributed by atoms with E-state index in [0.717, 1.165) is 0 Å². The van der Waals surface area contributed by atoms with Crippen molar-refractivity contribution in [1.82, 2.24) is 10.6 Å². The Hall–Kier alpha value is -1.62. The van der Waals surface area contributed by atoms with Crippen LogP contribution >= 0.6 is 24.0 Å². The van der Waals surface area contributed by atoms with Crippen LogP contribution in [0.15, 0.2) is 29.3 Å². The summed E-state index contributed by atoms with van der Waals surface area (Å²) in [5.74, 6) is 0.652. The van der Waals surface area contributed by atoms with Gasteiger partial charge in [0, 0.05) is 39.9 Å². The molecule has 1 aromatic carbocycles. The van der Waals surface area contributed by atoms with Crippen LogP contribution in [0.3, 0.4) is 0 Å². The average molecular weight is 451 g/mol. The number of nitrogens with zero attached hydrogens (tertiary/aromatic N) is 2. The van der Waals surface area contributed by atoms with E-state index in [1.165, 1.54) is 6.07 Å². The van der Waals surface area contributed by atoms with E-state index in [9.17, 15) is 10.1 Å². The smallest absolute Gasteiger partial charge is 0.292 e. The summed E-state index contributed by atoms with van der Waals surface area (Å²) in [6.45, 7) is 5.66. The normalized spacial score (nSPS) is 11.4. The number of ether oxygens (including phenoxy) is 1. The van der Waals surface area contributed by atoms with Crippen molar-refractivity contribution in [3.05, 3.63) is 34.4 Å². The summed E-state index contributed by atoms with van der Waals surface area (Å²) < 4.78 is 5.33. The maximum atomic E-state index is 10.9. The molecule has 8 nitrogen and oxygen atoms in total. The topological polar surface area (TPSA) is 101 Å². The van der Waals surface area contributed by atoms with Crippen LogP contribution < -0.4 is 16.0 Å². The zero-order chi connectivity index (χ0) is 17.3. The zero-order valence-corrected chi connectivity index (χ0v) is 16.8. The van der Waals surface area contributed by atoms with Crippen LogP contribution in [0.4, 0.5) is 11.4 Å². The summed E-state index contributed by atoms with van der Waals surface area (Å²) in [7, 11) is 3.35. The summed E-state index contributed by atoms with van der Waals surface area (Å²) in [6, 6.07) is 6.57. The van der Waals surface area contributed by atoms with Gasteiger partial charge in [0.1, 0.15) is 5.69 Å². The third-order valence-corrected chi connectivity index (χ3v) is 3.29. The van der Waals surface area contributed by atoms with Gasteiger partial charge in [0.25, 0.3) is 5.69 Å². The number of nitrogens with one attached hydrogen (secondary N) is 3. The molecule has 0 aromatic heterocycles. The number of anilines is 1. The van der Waals surface area contributed by atoms with Crippen molar-refractivity contribution in [3.63, 3.8) is 0 Å². The third-order valence-electron chi connectivity index (χ3n) is 3.29. The predicted molar refractivity (Wildman–Crippen MR) is 107 cm³/mol. The highest BCUT2D eigenvalue weighted by molar-refractivity contribution is 14.0. The van der Waals surface area contributed by atoms with Crippen molar-refractivity contribution in [3.8, 4) is 0 Å². The van der Waals surface area contributed by atoms with E-state index in [-0.39, 0.29) is 35.3 Å². The van der Waals surface area contributed by atoms with E-state index in [0.29, 0.717) is 31.3 Å². The van der Waals surface area contributed by atoms with Gasteiger partial charge in [-0.25, -0.2) is 0 Å². The molecule has 0 saturated carbocycles. The second kappa shape index (κ2) is 11.0. The molecule has 0 radical (unpaired) electrons. The standard InChI is InChI=1S/C15H25N5O3.HI/c1-15(2,23-4)11-19-14(16-3)18-10-9-17-12-7-5-6-8-13(12)20(21)22;/h5-8,17H,9-11H2,1-4H3,(H2,16,18,19);1H. The van der Waals surface area contributed by atoms with Crippen molar-refractivity contribution < 1.29 is 9.66 Å². The van der Waals surface area contributed by atoms with Crippen molar-refractivity contribution >= 4 is 41.3 Å². The molecular formula is C15H26IN5O3. The van der Waals surface area contributed by atoms with Crippen molar-refractivity contribution in [2.45, 2.75) is 19.4 Å². The number of benzene rings is 1. The van der Waals surface area contributed by atoms with Gasteiger partial charge in [0.2, 0.25) is 0 Å². The molecule has 0 spiro atoms. The Kier molecular flexibility index (Phi) is 10.3. The van der Waals surface area contributed by atoms with E-state index in [1.54, 1.807) is 32.4 Å². The van der Waals surface area contributed by atoms with Gasteiger partial charge in [0.05, 0.1) is 10.5 Å². The van der Waals surface area contributed by atoms with Crippen LogP contribution in [0.1, 0.15) is 13.8 Å². The minimum Gasteiger partial charge on any atom is -0.378 e. The van der Waals surface area contributed by atoms with Gasteiger partial charge in [-0.2, -0.15) is 0 Å². The second-order valence-corrected chi connectivity index (χ2v) is 5.52. The predicted octanol–water partition coefficient (Wildman–Crippen LogP) is 2.21.